The van der Waals surface area contributed by atoms with Crippen LogP contribution in [0.15, 0.2) is 103 Å². The van der Waals surface area contributed by atoms with Gasteiger partial charge in [0.1, 0.15) is 0 Å². The first kappa shape index (κ1) is 27.1. The Hall–Kier alpha value is -3.53. The molecule has 0 aliphatic rings. The monoisotopic (exact) mass is 655 g/mol. The molecule has 2 heterocycles. The van der Waals surface area contributed by atoms with Crippen LogP contribution in [0.2, 0.25) is 0 Å². The van der Waals surface area contributed by atoms with Gasteiger partial charge in [-0.25, -0.2) is 0 Å². The van der Waals surface area contributed by atoms with E-state index in [1.807, 2.05) is 73.8 Å². The SMILES string of the molecule is Cc1ccc(-c2[c-]cc(CF)cc2CF)nc1.[Ir].[c-]1ccccc1-c1cc(-c2ccccc2)ccn1. The molecule has 0 N–H and O–H groups in total. The average Bonchev–Trinajstić information content (AvgIpc) is 2.94. The number of benzene rings is 3. The predicted molar refractivity (Wildman–Crippen MR) is 137 cm³/mol. The smallest absolute Gasteiger partial charge is 0.0814 e. The predicted octanol–water partition coefficient (Wildman–Crippen LogP) is 8.01. The molecule has 0 aliphatic carbocycles. The van der Waals surface area contributed by atoms with Crippen LogP contribution >= 0.6 is 0 Å². The van der Waals surface area contributed by atoms with E-state index in [9.17, 15) is 8.78 Å². The summed E-state index contributed by atoms with van der Waals surface area (Å²) in [6.07, 6.45) is 3.56. The summed E-state index contributed by atoms with van der Waals surface area (Å²) in [5, 5.41) is 0. The van der Waals surface area contributed by atoms with Crippen molar-refractivity contribution in [2.24, 2.45) is 0 Å². The minimum Gasteiger partial charge on any atom is -0.305 e. The molecule has 36 heavy (non-hydrogen) atoms. The van der Waals surface area contributed by atoms with Crippen LogP contribution in [0.25, 0.3) is 33.6 Å². The fraction of sp³-hybridized carbons (Fsp3) is 0.0968. The number of hydrogen-bond acceptors (Lipinski definition) is 2. The van der Waals surface area contributed by atoms with Crippen LogP contribution in [0.4, 0.5) is 8.78 Å². The largest absolute Gasteiger partial charge is 0.305 e. The molecule has 183 valence electrons. The van der Waals surface area contributed by atoms with E-state index in [2.05, 4.69) is 40.3 Å². The van der Waals surface area contributed by atoms with Gasteiger partial charge in [-0.1, -0.05) is 59.7 Å². The van der Waals surface area contributed by atoms with Crippen LogP contribution in [0.3, 0.4) is 0 Å². The van der Waals surface area contributed by atoms with Gasteiger partial charge in [-0.3, -0.25) is 8.78 Å². The van der Waals surface area contributed by atoms with Crippen molar-refractivity contribution in [1.29, 1.82) is 0 Å². The number of nitrogens with zero attached hydrogens (tertiary/aromatic N) is 2. The van der Waals surface area contributed by atoms with E-state index in [4.69, 9.17) is 0 Å². The third-order valence-corrected chi connectivity index (χ3v) is 5.40. The van der Waals surface area contributed by atoms with Gasteiger partial charge in [-0.05, 0) is 41.1 Å². The number of pyridine rings is 2. The summed E-state index contributed by atoms with van der Waals surface area (Å²) in [6.45, 7) is 0.684. The summed E-state index contributed by atoms with van der Waals surface area (Å²) >= 11 is 0. The maximum absolute atomic E-state index is 12.9. The minimum atomic E-state index is -0.644. The fourth-order valence-electron chi connectivity index (χ4n) is 3.57. The molecule has 0 saturated heterocycles. The van der Waals surface area contributed by atoms with Crippen molar-refractivity contribution in [3.05, 3.63) is 132 Å². The van der Waals surface area contributed by atoms with E-state index in [1.54, 1.807) is 6.20 Å². The first-order valence-electron chi connectivity index (χ1n) is 11.2. The third kappa shape index (κ3) is 7.00. The summed E-state index contributed by atoms with van der Waals surface area (Å²) in [7, 11) is 0. The Morgan fingerprint density at radius 1 is 0.750 bits per heavy atom. The first-order chi connectivity index (χ1) is 17.2. The van der Waals surface area contributed by atoms with Gasteiger partial charge in [0.25, 0.3) is 0 Å². The van der Waals surface area contributed by atoms with Crippen molar-refractivity contribution in [3.63, 3.8) is 0 Å². The van der Waals surface area contributed by atoms with Crippen LogP contribution in [-0.4, -0.2) is 9.97 Å². The van der Waals surface area contributed by atoms with Gasteiger partial charge in [-0.15, -0.1) is 59.7 Å². The molecule has 5 aromatic rings. The van der Waals surface area contributed by atoms with Crippen LogP contribution in [0.5, 0.6) is 0 Å². The molecule has 0 spiro atoms. The van der Waals surface area contributed by atoms with Crippen molar-refractivity contribution >= 4 is 0 Å². The summed E-state index contributed by atoms with van der Waals surface area (Å²) in [4.78, 5) is 8.62. The Kier molecular flexibility index (Phi) is 10.2. The molecule has 0 atom stereocenters. The zero-order chi connectivity index (χ0) is 24.5. The van der Waals surface area contributed by atoms with Gasteiger partial charge in [-0.2, -0.15) is 0 Å². The Bertz CT molecular complexity index is 1300. The minimum absolute atomic E-state index is 0. The van der Waals surface area contributed by atoms with Crippen LogP contribution in [-0.2, 0) is 33.5 Å². The van der Waals surface area contributed by atoms with Crippen molar-refractivity contribution in [2.45, 2.75) is 20.3 Å². The standard InChI is InChI=1S/C17H12N.C14H12F2N.Ir/c1-3-7-14(8-4-1)16-11-12-18-17(13-16)15-9-5-2-6-10-15;1-10-2-5-14(17-9-10)13-4-3-11(7-15)6-12(13)8-16;/h1-9,11-13H;2-3,5-6,9H,7-8H2,1H3;/q2*-1;. The zero-order valence-electron chi connectivity index (χ0n) is 19.7. The summed E-state index contributed by atoms with van der Waals surface area (Å²) in [5.41, 5.74) is 7.53. The molecular weight excluding hydrogens is 631 g/mol. The molecule has 0 saturated carbocycles. The van der Waals surface area contributed by atoms with Gasteiger partial charge < -0.3 is 9.97 Å². The van der Waals surface area contributed by atoms with Gasteiger partial charge in [0.2, 0.25) is 0 Å². The van der Waals surface area contributed by atoms with E-state index in [1.165, 1.54) is 23.3 Å². The normalized spacial score (nSPS) is 10.1. The van der Waals surface area contributed by atoms with Gasteiger partial charge >= 0.3 is 0 Å². The third-order valence-electron chi connectivity index (χ3n) is 5.40. The van der Waals surface area contributed by atoms with Crippen molar-refractivity contribution in [1.82, 2.24) is 9.97 Å². The zero-order valence-corrected chi connectivity index (χ0v) is 22.1. The molecule has 0 unspecified atom stereocenters. The number of rotatable bonds is 5. The summed E-state index contributed by atoms with van der Waals surface area (Å²) in [6, 6.07) is 35.2. The maximum atomic E-state index is 12.9. The maximum Gasteiger partial charge on any atom is 0.0814 e. The van der Waals surface area contributed by atoms with Gasteiger partial charge in [0.15, 0.2) is 0 Å². The van der Waals surface area contributed by atoms with Crippen LogP contribution < -0.4 is 0 Å². The topological polar surface area (TPSA) is 25.8 Å². The number of aryl methyl sites for hydroxylation is 1. The second kappa shape index (κ2) is 13.5. The molecule has 3 aromatic carbocycles. The second-order valence-corrected chi connectivity index (χ2v) is 7.97. The van der Waals surface area contributed by atoms with Gasteiger partial charge in [0, 0.05) is 32.5 Å². The molecule has 1 radical (unpaired) electrons. The van der Waals surface area contributed by atoms with E-state index in [0.717, 1.165) is 16.8 Å². The molecule has 0 bridgehead atoms. The average molecular weight is 655 g/mol. The van der Waals surface area contributed by atoms with E-state index in [0.29, 0.717) is 22.4 Å². The molecule has 0 amide bonds. The quantitative estimate of drug-likeness (QED) is 0.180. The Balaban J connectivity index is 0.000000196. The summed E-state index contributed by atoms with van der Waals surface area (Å²) < 4.78 is 25.4. The van der Waals surface area contributed by atoms with Crippen molar-refractivity contribution in [2.75, 3.05) is 0 Å². The van der Waals surface area contributed by atoms with E-state index in [-0.39, 0.29) is 20.1 Å². The molecule has 2 aromatic heterocycles. The fourth-order valence-corrected chi connectivity index (χ4v) is 3.57. The van der Waals surface area contributed by atoms with Crippen LogP contribution in [0, 0.1) is 19.1 Å². The number of aromatic nitrogens is 2. The number of hydrogen-bond donors (Lipinski definition) is 0. The molecule has 0 aliphatic heterocycles. The van der Waals surface area contributed by atoms with Gasteiger partial charge in [0.05, 0.1) is 13.3 Å². The molecular formula is C31H24F2IrN2-2. The van der Waals surface area contributed by atoms with E-state index >= 15 is 0 Å². The molecule has 5 rings (SSSR count). The van der Waals surface area contributed by atoms with Crippen molar-refractivity contribution < 1.29 is 28.9 Å². The number of halogens is 2. The Morgan fingerprint density at radius 2 is 1.56 bits per heavy atom. The molecule has 5 heteroatoms. The molecule has 2 nitrogen and oxygen atoms in total. The summed E-state index contributed by atoms with van der Waals surface area (Å²) in [5.74, 6) is 0. The number of alkyl halides is 2. The van der Waals surface area contributed by atoms with Crippen molar-refractivity contribution in [3.8, 4) is 33.6 Å². The second-order valence-electron chi connectivity index (χ2n) is 7.97. The van der Waals surface area contributed by atoms with Crippen LogP contribution in [0.1, 0.15) is 16.7 Å². The first-order valence-corrected chi connectivity index (χ1v) is 11.2. The molecule has 0 fully saturated rings. The van der Waals surface area contributed by atoms with E-state index < -0.39 is 13.3 Å². The Labute approximate surface area is 224 Å². The Morgan fingerprint density at radius 3 is 2.22 bits per heavy atom.